The number of hydrogen-bond acceptors (Lipinski definition) is 8. The molecule has 0 bridgehead atoms. The van der Waals surface area contributed by atoms with Crippen LogP contribution in [0.3, 0.4) is 0 Å². The predicted octanol–water partition coefficient (Wildman–Crippen LogP) is -0.202. The summed E-state index contributed by atoms with van der Waals surface area (Å²) in [7, 11) is 0. The number of nitrogen functional groups attached to an aromatic ring is 1. The van der Waals surface area contributed by atoms with Crippen LogP contribution in [0.1, 0.15) is 0 Å². The van der Waals surface area contributed by atoms with Crippen LogP contribution in [0.15, 0.2) is 24.5 Å². The van der Waals surface area contributed by atoms with Crippen molar-refractivity contribution in [2.45, 2.75) is 0 Å². The molecule has 1 amide bonds. The lowest BCUT2D eigenvalue weighted by molar-refractivity contribution is 0.120. The van der Waals surface area contributed by atoms with Crippen molar-refractivity contribution in [3.05, 3.63) is 24.5 Å². The van der Waals surface area contributed by atoms with Crippen molar-refractivity contribution in [3.63, 3.8) is 0 Å². The maximum Gasteiger partial charge on any atom is 0.461 e. The Kier molecular flexibility index (Phi) is 3.08. The summed E-state index contributed by atoms with van der Waals surface area (Å²) >= 11 is 0. The van der Waals surface area contributed by atoms with Crippen LogP contribution < -0.4 is 15.6 Å². The molecule has 2 aromatic rings. The average molecular weight is 267 g/mol. The fourth-order valence-electron chi connectivity index (χ4n) is 1.22. The summed E-state index contributed by atoms with van der Waals surface area (Å²) in [6.07, 6.45) is 1.16. The third-order valence-electron chi connectivity index (χ3n) is 2.04. The number of hydrogen-bond donors (Lipinski definition) is 4. The van der Waals surface area contributed by atoms with E-state index in [2.05, 4.69) is 14.7 Å². The molecule has 2 aromatic heterocycles. The van der Waals surface area contributed by atoms with Crippen molar-refractivity contribution in [2.75, 3.05) is 10.9 Å². The van der Waals surface area contributed by atoms with Gasteiger partial charge in [-0.1, -0.05) is 5.17 Å². The molecule has 0 fully saturated rings. The minimum atomic E-state index is -1.35. The molecular weight excluding hydrogens is 258 g/mol. The first-order valence-electron chi connectivity index (χ1n) is 4.88. The molecule has 0 saturated heterocycles. The van der Waals surface area contributed by atoms with Crippen molar-refractivity contribution in [2.24, 2.45) is 0 Å². The number of nitrogens with zero attached hydrogens (tertiary/aromatic N) is 4. The highest BCUT2D eigenvalue weighted by Gasteiger charge is 2.22. The Morgan fingerprint density at radius 3 is 2.42 bits per heavy atom. The monoisotopic (exact) mass is 267 g/mol. The van der Waals surface area contributed by atoms with Gasteiger partial charge in [-0.15, -0.1) is 0 Å². The van der Waals surface area contributed by atoms with Gasteiger partial charge in [-0.05, 0) is 0 Å². The molecule has 5 N–H and O–H groups in total. The fourth-order valence-corrected chi connectivity index (χ4v) is 1.22. The van der Waals surface area contributed by atoms with Gasteiger partial charge >= 0.3 is 6.09 Å². The number of ether oxygens (including phenoxy) is 1. The maximum absolute atomic E-state index is 11.6. The molecule has 0 atom stereocenters. The van der Waals surface area contributed by atoms with E-state index in [1.165, 1.54) is 12.4 Å². The molecule has 19 heavy (non-hydrogen) atoms. The third-order valence-corrected chi connectivity index (χ3v) is 2.04. The third kappa shape index (κ3) is 2.32. The number of carbonyl (C=O) groups excluding carboxylic acids is 1. The number of amides is 1. The Hall–Kier alpha value is -3.01. The summed E-state index contributed by atoms with van der Waals surface area (Å²) in [5.74, 6) is -1.64. The largest absolute Gasteiger partial charge is 0.493 e. The molecule has 10 nitrogen and oxygen atoms in total. The van der Waals surface area contributed by atoms with E-state index in [9.17, 15) is 20.2 Å². The van der Waals surface area contributed by atoms with Gasteiger partial charge in [0.15, 0.2) is 5.82 Å². The van der Waals surface area contributed by atoms with Crippen LogP contribution in [-0.2, 0) is 0 Å². The van der Waals surface area contributed by atoms with Crippen molar-refractivity contribution in [3.8, 4) is 17.6 Å². The van der Waals surface area contributed by atoms with Crippen LogP contribution in [0.4, 0.5) is 10.6 Å². The van der Waals surface area contributed by atoms with Gasteiger partial charge in [0.25, 0.3) is 5.88 Å². The van der Waals surface area contributed by atoms with Gasteiger partial charge in [0.05, 0.1) is 0 Å². The minimum Gasteiger partial charge on any atom is -0.493 e. The van der Waals surface area contributed by atoms with Gasteiger partial charge in [-0.3, -0.25) is 5.21 Å². The molecule has 10 heteroatoms. The molecule has 0 aliphatic carbocycles. The molecule has 2 heterocycles. The van der Waals surface area contributed by atoms with Crippen molar-refractivity contribution >= 4 is 11.9 Å². The summed E-state index contributed by atoms with van der Waals surface area (Å²) in [6, 6.07) is 2.12. The number of aromatic hydroxyl groups is 2. The number of aromatic nitrogens is 3. The van der Waals surface area contributed by atoms with Crippen LogP contribution in [0, 0.1) is 0 Å². The molecular formula is C9H9N5O5. The van der Waals surface area contributed by atoms with Crippen LogP contribution in [0.5, 0.6) is 17.6 Å². The Morgan fingerprint density at radius 2 is 1.84 bits per heavy atom. The summed E-state index contributed by atoms with van der Waals surface area (Å²) < 4.78 is 5.03. The molecule has 0 aromatic carbocycles. The van der Waals surface area contributed by atoms with Crippen molar-refractivity contribution in [1.82, 2.24) is 14.6 Å². The van der Waals surface area contributed by atoms with Gasteiger partial charge in [0, 0.05) is 24.5 Å². The van der Waals surface area contributed by atoms with Gasteiger partial charge in [-0.25, -0.2) is 14.8 Å². The number of rotatable bonds is 2. The lowest BCUT2D eigenvalue weighted by Crippen LogP contribution is -2.39. The highest BCUT2D eigenvalue weighted by atomic mass is 16.7. The van der Waals surface area contributed by atoms with Crippen LogP contribution in [-0.4, -0.2) is 36.2 Å². The van der Waals surface area contributed by atoms with E-state index < -0.39 is 17.9 Å². The van der Waals surface area contributed by atoms with Gasteiger partial charge in [0.1, 0.15) is 0 Å². The van der Waals surface area contributed by atoms with Crippen LogP contribution >= 0.6 is 0 Å². The highest BCUT2D eigenvalue weighted by Crippen LogP contribution is 2.21. The molecule has 2 rings (SSSR count). The van der Waals surface area contributed by atoms with Gasteiger partial charge in [-0.2, -0.15) is 4.68 Å². The normalized spacial score (nSPS) is 10.2. The Balaban J connectivity index is 2.19. The Labute approximate surface area is 105 Å². The van der Waals surface area contributed by atoms with E-state index in [0.29, 0.717) is 4.68 Å². The minimum absolute atomic E-state index is 0.154. The summed E-state index contributed by atoms with van der Waals surface area (Å²) in [5, 5.41) is 28.0. The zero-order valence-corrected chi connectivity index (χ0v) is 9.33. The van der Waals surface area contributed by atoms with Crippen LogP contribution in [0.2, 0.25) is 0 Å². The second-order valence-corrected chi connectivity index (χ2v) is 3.27. The maximum atomic E-state index is 11.6. The zero-order chi connectivity index (χ0) is 14.0. The highest BCUT2D eigenvalue weighted by molar-refractivity contribution is 5.79. The van der Waals surface area contributed by atoms with E-state index >= 15 is 0 Å². The summed E-state index contributed by atoms with van der Waals surface area (Å²) in [4.78, 5) is 18.8. The smallest absolute Gasteiger partial charge is 0.461 e. The zero-order valence-electron chi connectivity index (χ0n) is 9.33. The standard InChI is InChI=1S/C9H9N5O5/c10-7-8(12-4-3-11-7)19-9(17)14(18)13-5(15)1-2-6(13)16/h1-4,15-16,18H,(H2,10,11). The van der Waals surface area contributed by atoms with E-state index in [-0.39, 0.29) is 16.9 Å². The molecule has 0 radical (unpaired) electrons. The summed E-state index contributed by atoms with van der Waals surface area (Å²) in [5.41, 5.74) is 5.39. The molecule has 0 aliphatic heterocycles. The molecule has 0 saturated carbocycles. The molecule has 0 aliphatic rings. The topological polar surface area (TPSA) is 147 Å². The van der Waals surface area contributed by atoms with Crippen molar-refractivity contribution in [1.29, 1.82) is 0 Å². The first-order chi connectivity index (χ1) is 9.00. The fraction of sp³-hybridized carbons (Fsp3) is 0. The number of hydroxylamine groups is 1. The van der Waals surface area contributed by atoms with Crippen LogP contribution in [0.25, 0.3) is 0 Å². The van der Waals surface area contributed by atoms with E-state index in [0.717, 1.165) is 12.1 Å². The quantitative estimate of drug-likeness (QED) is 0.432. The first kappa shape index (κ1) is 12.4. The van der Waals surface area contributed by atoms with E-state index in [4.69, 9.17) is 5.73 Å². The Morgan fingerprint density at radius 1 is 1.26 bits per heavy atom. The molecule has 0 spiro atoms. The second kappa shape index (κ2) is 4.70. The van der Waals surface area contributed by atoms with Gasteiger partial charge < -0.3 is 20.7 Å². The number of anilines is 1. The van der Waals surface area contributed by atoms with Gasteiger partial charge in [0.2, 0.25) is 11.8 Å². The van der Waals surface area contributed by atoms with Crippen molar-refractivity contribution < 1.29 is 25.0 Å². The SMILES string of the molecule is Nc1nccnc1OC(=O)N(O)n1c(O)ccc1O. The molecule has 100 valence electrons. The number of carbonyl (C=O) groups is 1. The van der Waals surface area contributed by atoms with E-state index in [1.54, 1.807) is 0 Å². The van der Waals surface area contributed by atoms with E-state index in [1.807, 2.05) is 0 Å². The predicted molar refractivity (Wildman–Crippen MR) is 60.2 cm³/mol. The number of nitrogens with two attached hydrogens (primary N) is 1. The summed E-state index contributed by atoms with van der Waals surface area (Å²) in [6.45, 7) is 0. The average Bonchev–Trinajstić information content (AvgIpc) is 2.71. The Bertz CT molecular complexity index is 593. The lowest BCUT2D eigenvalue weighted by atomic mass is 10.6. The molecule has 0 unspecified atom stereocenters. The second-order valence-electron chi connectivity index (χ2n) is 3.27. The lowest BCUT2D eigenvalue weighted by Gasteiger charge is -2.16. The first-order valence-corrected chi connectivity index (χ1v) is 4.88.